The molecular formula is C11H14N2S2. The van der Waals surface area contributed by atoms with Crippen LogP contribution in [0.2, 0.25) is 0 Å². The molecule has 2 aromatic heterocycles. The first-order valence-corrected chi connectivity index (χ1v) is 6.62. The van der Waals surface area contributed by atoms with Crippen molar-refractivity contribution < 1.29 is 0 Å². The molecule has 2 rings (SSSR count). The van der Waals surface area contributed by atoms with Gasteiger partial charge in [0.1, 0.15) is 0 Å². The minimum atomic E-state index is 0.877. The lowest BCUT2D eigenvalue weighted by molar-refractivity contribution is 1.11. The molecule has 0 saturated carbocycles. The molecule has 0 unspecified atom stereocenters. The summed E-state index contributed by atoms with van der Waals surface area (Å²) in [6.45, 7) is 7.18. The van der Waals surface area contributed by atoms with E-state index in [1.54, 1.807) is 22.7 Å². The smallest absolute Gasteiger partial charge is 0.183 e. The summed E-state index contributed by atoms with van der Waals surface area (Å²) < 4.78 is 0. The third-order valence-corrected chi connectivity index (χ3v) is 4.36. The van der Waals surface area contributed by atoms with Gasteiger partial charge in [-0.15, -0.1) is 11.3 Å². The van der Waals surface area contributed by atoms with Gasteiger partial charge in [0.2, 0.25) is 0 Å². The molecule has 15 heavy (non-hydrogen) atoms. The molecule has 0 spiro atoms. The van der Waals surface area contributed by atoms with E-state index < -0.39 is 0 Å². The van der Waals surface area contributed by atoms with Gasteiger partial charge in [-0.25, -0.2) is 4.98 Å². The number of anilines is 1. The number of thiazole rings is 1. The molecule has 0 aliphatic heterocycles. The summed E-state index contributed by atoms with van der Waals surface area (Å²) in [5.41, 5.74) is 3.85. The van der Waals surface area contributed by atoms with Crippen molar-refractivity contribution in [2.45, 2.75) is 27.3 Å². The molecule has 2 aromatic rings. The zero-order chi connectivity index (χ0) is 10.8. The molecule has 2 nitrogen and oxygen atoms in total. The molecule has 0 bridgehead atoms. The molecule has 0 aromatic carbocycles. The summed E-state index contributed by atoms with van der Waals surface area (Å²) in [6.07, 6.45) is 0. The van der Waals surface area contributed by atoms with E-state index >= 15 is 0 Å². The zero-order valence-corrected chi connectivity index (χ0v) is 10.8. The van der Waals surface area contributed by atoms with E-state index in [1.165, 1.54) is 16.0 Å². The van der Waals surface area contributed by atoms with Crippen molar-refractivity contribution in [3.05, 3.63) is 32.5 Å². The minimum absolute atomic E-state index is 0.877. The van der Waals surface area contributed by atoms with Gasteiger partial charge < -0.3 is 5.32 Å². The first-order valence-electron chi connectivity index (χ1n) is 4.86. The molecule has 0 fully saturated rings. The van der Waals surface area contributed by atoms with E-state index in [1.807, 2.05) is 6.92 Å². The first kappa shape index (κ1) is 10.6. The lowest BCUT2D eigenvalue weighted by Crippen LogP contribution is -1.98. The van der Waals surface area contributed by atoms with Crippen molar-refractivity contribution in [1.29, 1.82) is 0 Å². The molecule has 0 aliphatic carbocycles. The monoisotopic (exact) mass is 238 g/mol. The van der Waals surface area contributed by atoms with Crippen molar-refractivity contribution in [1.82, 2.24) is 4.98 Å². The number of thiophene rings is 1. The third-order valence-electron chi connectivity index (χ3n) is 2.42. The van der Waals surface area contributed by atoms with Crippen LogP contribution in [0, 0.1) is 20.8 Å². The maximum Gasteiger partial charge on any atom is 0.183 e. The predicted molar refractivity (Wildman–Crippen MR) is 68.0 cm³/mol. The largest absolute Gasteiger partial charge is 0.357 e. The summed E-state index contributed by atoms with van der Waals surface area (Å²) in [4.78, 5) is 5.74. The predicted octanol–water partition coefficient (Wildman–Crippen LogP) is 3.74. The molecular weight excluding hydrogens is 224 g/mol. The number of aryl methyl sites for hydroxylation is 3. The summed E-state index contributed by atoms with van der Waals surface area (Å²) in [6, 6.07) is 0. The molecule has 0 radical (unpaired) electrons. The lowest BCUT2D eigenvalue weighted by atomic mass is 10.2. The van der Waals surface area contributed by atoms with E-state index in [0.717, 1.165) is 17.4 Å². The van der Waals surface area contributed by atoms with E-state index in [4.69, 9.17) is 0 Å². The van der Waals surface area contributed by atoms with Gasteiger partial charge in [-0.1, -0.05) is 0 Å². The summed E-state index contributed by atoms with van der Waals surface area (Å²) in [7, 11) is 0. The van der Waals surface area contributed by atoms with Crippen LogP contribution in [0.3, 0.4) is 0 Å². The fourth-order valence-corrected chi connectivity index (χ4v) is 2.95. The van der Waals surface area contributed by atoms with E-state index in [2.05, 4.69) is 34.9 Å². The Bertz CT molecular complexity index is 437. The Labute approximate surface area is 98.0 Å². The zero-order valence-electron chi connectivity index (χ0n) is 9.13. The SMILES string of the molecule is Cc1cscc1CNc1nc(C)c(C)s1. The van der Waals surface area contributed by atoms with Gasteiger partial charge >= 0.3 is 0 Å². The lowest BCUT2D eigenvalue weighted by Gasteiger charge is -2.01. The second kappa shape index (κ2) is 4.33. The van der Waals surface area contributed by atoms with Gasteiger partial charge in [0.05, 0.1) is 5.69 Å². The van der Waals surface area contributed by atoms with Crippen molar-refractivity contribution in [2.75, 3.05) is 5.32 Å². The Kier molecular flexibility index (Phi) is 3.07. The molecule has 0 aliphatic rings. The molecule has 80 valence electrons. The van der Waals surface area contributed by atoms with E-state index in [9.17, 15) is 0 Å². The maximum atomic E-state index is 4.45. The van der Waals surface area contributed by atoms with Gasteiger partial charge in [0, 0.05) is 11.4 Å². The Morgan fingerprint density at radius 2 is 2.07 bits per heavy atom. The van der Waals surface area contributed by atoms with Crippen molar-refractivity contribution in [3.8, 4) is 0 Å². The Balaban J connectivity index is 2.02. The maximum absolute atomic E-state index is 4.45. The van der Waals surface area contributed by atoms with Gasteiger partial charge in [0.25, 0.3) is 0 Å². The fraction of sp³-hybridized carbons (Fsp3) is 0.364. The average molecular weight is 238 g/mol. The van der Waals surface area contributed by atoms with Crippen LogP contribution in [-0.4, -0.2) is 4.98 Å². The normalized spacial score (nSPS) is 10.6. The van der Waals surface area contributed by atoms with Crippen LogP contribution in [0.25, 0.3) is 0 Å². The summed E-state index contributed by atoms with van der Waals surface area (Å²) in [5, 5.41) is 8.75. The van der Waals surface area contributed by atoms with Crippen LogP contribution in [0.1, 0.15) is 21.7 Å². The quantitative estimate of drug-likeness (QED) is 0.881. The van der Waals surface area contributed by atoms with Crippen LogP contribution in [0.5, 0.6) is 0 Å². The van der Waals surface area contributed by atoms with Crippen molar-refractivity contribution >= 4 is 27.8 Å². The summed E-state index contributed by atoms with van der Waals surface area (Å²) >= 11 is 3.48. The highest BCUT2D eigenvalue weighted by atomic mass is 32.1. The molecule has 2 heterocycles. The van der Waals surface area contributed by atoms with Crippen LogP contribution in [0.15, 0.2) is 10.8 Å². The Morgan fingerprint density at radius 3 is 2.60 bits per heavy atom. The van der Waals surface area contributed by atoms with Crippen LogP contribution >= 0.6 is 22.7 Å². The Morgan fingerprint density at radius 1 is 1.27 bits per heavy atom. The Hall–Kier alpha value is -0.870. The topological polar surface area (TPSA) is 24.9 Å². The highest BCUT2D eigenvalue weighted by Crippen LogP contribution is 2.22. The highest BCUT2D eigenvalue weighted by molar-refractivity contribution is 7.15. The number of nitrogens with one attached hydrogen (secondary N) is 1. The summed E-state index contributed by atoms with van der Waals surface area (Å²) in [5.74, 6) is 0. The van der Waals surface area contributed by atoms with Crippen molar-refractivity contribution in [2.24, 2.45) is 0 Å². The van der Waals surface area contributed by atoms with Crippen LogP contribution < -0.4 is 5.32 Å². The van der Waals surface area contributed by atoms with Gasteiger partial charge in [-0.05, 0) is 42.7 Å². The molecule has 4 heteroatoms. The third kappa shape index (κ3) is 2.38. The van der Waals surface area contributed by atoms with Gasteiger partial charge in [-0.3, -0.25) is 0 Å². The number of aromatic nitrogens is 1. The molecule has 1 N–H and O–H groups in total. The number of rotatable bonds is 3. The number of hydrogen-bond donors (Lipinski definition) is 1. The van der Waals surface area contributed by atoms with Gasteiger partial charge in [0.15, 0.2) is 5.13 Å². The second-order valence-corrected chi connectivity index (χ2v) is 5.54. The first-order chi connectivity index (χ1) is 7.16. The molecule has 0 atom stereocenters. The number of nitrogens with zero attached hydrogens (tertiary/aromatic N) is 1. The second-order valence-electron chi connectivity index (χ2n) is 3.59. The fourth-order valence-electron chi connectivity index (χ4n) is 1.29. The molecule has 0 saturated heterocycles. The van der Waals surface area contributed by atoms with Gasteiger partial charge in [-0.2, -0.15) is 11.3 Å². The van der Waals surface area contributed by atoms with Crippen molar-refractivity contribution in [3.63, 3.8) is 0 Å². The van der Waals surface area contributed by atoms with E-state index in [-0.39, 0.29) is 0 Å². The van der Waals surface area contributed by atoms with E-state index in [0.29, 0.717) is 0 Å². The standard InChI is InChI=1S/C11H14N2S2/c1-7-5-14-6-10(7)4-12-11-13-8(2)9(3)15-11/h5-6H,4H2,1-3H3,(H,12,13). The van der Waals surface area contributed by atoms with Crippen LogP contribution in [-0.2, 0) is 6.54 Å². The average Bonchev–Trinajstić information content (AvgIpc) is 2.72. The van der Waals surface area contributed by atoms with Crippen LogP contribution in [0.4, 0.5) is 5.13 Å². The molecule has 0 amide bonds. The number of hydrogen-bond acceptors (Lipinski definition) is 4. The minimum Gasteiger partial charge on any atom is -0.357 e. The highest BCUT2D eigenvalue weighted by Gasteiger charge is 2.04.